The number of fused-ring (bicyclic) bond motifs is 1. The van der Waals surface area contributed by atoms with Crippen molar-refractivity contribution in [1.82, 2.24) is 9.62 Å². The van der Waals surface area contributed by atoms with E-state index >= 15 is 0 Å². The number of nitrogens with zero attached hydrogens (tertiary/aromatic N) is 2. The molecule has 0 aliphatic carbocycles. The van der Waals surface area contributed by atoms with Crippen molar-refractivity contribution in [3.05, 3.63) is 92.9 Å². The maximum atomic E-state index is 6.93. The zero-order valence-corrected chi connectivity index (χ0v) is 23.7. The predicted octanol–water partition coefficient (Wildman–Crippen LogP) is 5.17. The van der Waals surface area contributed by atoms with Gasteiger partial charge < -0.3 is 21.7 Å². The molecule has 35 heavy (non-hydrogen) atoms. The van der Waals surface area contributed by atoms with Crippen LogP contribution in [0.1, 0.15) is 23.2 Å². The van der Waals surface area contributed by atoms with Gasteiger partial charge in [0.1, 0.15) is 0 Å². The summed E-state index contributed by atoms with van der Waals surface area (Å²) in [6, 6.07) is 26.7. The van der Waals surface area contributed by atoms with Crippen molar-refractivity contribution in [2.75, 3.05) is 49.3 Å². The summed E-state index contributed by atoms with van der Waals surface area (Å²) in [7, 11) is -1.38. The van der Waals surface area contributed by atoms with Gasteiger partial charge in [-0.2, -0.15) is 0 Å². The van der Waals surface area contributed by atoms with Crippen molar-refractivity contribution in [2.45, 2.75) is 17.0 Å². The molecule has 3 unspecified atom stereocenters. The maximum Gasteiger partial charge on any atom is 0.0642 e. The van der Waals surface area contributed by atoms with Gasteiger partial charge in [0.25, 0.3) is 0 Å². The molecule has 3 aromatic carbocycles. The van der Waals surface area contributed by atoms with E-state index in [4.69, 9.17) is 11.5 Å². The van der Waals surface area contributed by atoms with Crippen LogP contribution in [0.2, 0.25) is 0 Å². The highest BCUT2D eigenvalue weighted by atomic mass is 79.9. The van der Waals surface area contributed by atoms with Gasteiger partial charge in [-0.1, -0.05) is 68.3 Å². The maximum absolute atomic E-state index is 6.93. The van der Waals surface area contributed by atoms with Crippen LogP contribution in [0, 0.1) is 6.07 Å². The number of hydrogen-bond acceptors (Lipinski definition) is 5. The Morgan fingerprint density at radius 2 is 1.49 bits per heavy atom. The highest BCUT2D eigenvalue weighted by molar-refractivity contribution is 9.10. The largest absolute Gasteiger partial charge is 0.359 e. The highest BCUT2D eigenvalue weighted by Gasteiger charge is 2.44. The number of rotatable bonds is 7. The molecule has 1 radical (unpaired) electrons. The van der Waals surface area contributed by atoms with E-state index in [2.05, 4.69) is 113 Å². The molecule has 0 aromatic heterocycles. The Balaban J connectivity index is 1.48. The molecule has 5 N–H and O–H groups in total. The lowest BCUT2D eigenvalue weighted by Crippen LogP contribution is -2.47. The first-order chi connectivity index (χ1) is 17.0. The van der Waals surface area contributed by atoms with Crippen molar-refractivity contribution < 1.29 is 0 Å². The van der Waals surface area contributed by atoms with E-state index in [-0.39, 0.29) is 12.1 Å². The van der Waals surface area contributed by atoms with E-state index in [1.165, 1.54) is 16.1 Å². The van der Waals surface area contributed by atoms with Gasteiger partial charge >= 0.3 is 0 Å². The quantitative estimate of drug-likeness (QED) is 0.341. The van der Waals surface area contributed by atoms with Crippen LogP contribution in [0.4, 0.5) is 5.69 Å². The molecule has 0 saturated carbocycles. The molecule has 0 bridgehead atoms. The third-order valence-electron chi connectivity index (χ3n) is 6.93. The Kier molecular flexibility index (Phi) is 7.89. The highest BCUT2D eigenvalue weighted by Crippen LogP contribution is 2.67. The van der Waals surface area contributed by atoms with E-state index < -0.39 is 10.2 Å². The number of hydrogen-bond donors (Lipinski definition) is 3. The first kappa shape index (κ1) is 25.3. The molecule has 1 saturated heterocycles. The molecular weight excluding hydrogens is 586 g/mol. The fourth-order valence-corrected chi connectivity index (χ4v) is 10.0. The van der Waals surface area contributed by atoms with Crippen LogP contribution >= 0.6 is 42.1 Å². The summed E-state index contributed by atoms with van der Waals surface area (Å²) < 4.78 is 4.86. The minimum absolute atomic E-state index is 0.0406. The Labute approximate surface area is 226 Å². The van der Waals surface area contributed by atoms with Crippen molar-refractivity contribution in [1.29, 1.82) is 0 Å². The topological polar surface area (TPSA) is 70.5 Å². The second-order valence-corrected chi connectivity index (χ2v) is 14.3. The molecule has 0 amide bonds. The van der Waals surface area contributed by atoms with Gasteiger partial charge in [0.2, 0.25) is 0 Å². The number of nitrogens with one attached hydrogen (secondary N) is 1. The van der Waals surface area contributed by atoms with E-state index in [9.17, 15) is 0 Å². The molecular formula is C27H32Br2N5S. The second kappa shape index (κ2) is 10.9. The minimum Gasteiger partial charge on any atom is -0.359 e. The number of anilines is 1. The van der Waals surface area contributed by atoms with E-state index in [0.717, 1.165) is 58.9 Å². The molecule has 2 aliphatic rings. The van der Waals surface area contributed by atoms with Gasteiger partial charge in [0.15, 0.2) is 0 Å². The lowest BCUT2D eigenvalue weighted by Gasteiger charge is -2.49. The third kappa shape index (κ3) is 5.34. The Morgan fingerprint density at radius 3 is 2.11 bits per heavy atom. The van der Waals surface area contributed by atoms with Gasteiger partial charge in [-0.15, -0.1) is 10.2 Å². The smallest absolute Gasteiger partial charge is 0.0642 e. The summed E-state index contributed by atoms with van der Waals surface area (Å²) in [6.45, 7) is 4.83. The predicted molar refractivity (Wildman–Crippen MR) is 155 cm³/mol. The summed E-state index contributed by atoms with van der Waals surface area (Å²) in [5.74, 6) is 1.86. The van der Waals surface area contributed by atoms with Gasteiger partial charge in [0, 0.05) is 70.5 Å². The van der Waals surface area contributed by atoms with Crippen molar-refractivity contribution in [3.63, 3.8) is 0 Å². The lowest BCUT2D eigenvalue weighted by atomic mass is 10.1. The van der Waals surface area contributed by atoms with E-state index in [1.54, 1.807) is 0 Å². The average molecular weight is 618 g/mol. The molecule has 0 spiro atoms. The molecule has 3 aromatic rings. The number of benzene rings is 3. The van der Waals surface area contributed by atoms with Gasteiger partial charge in [-0.25, -0.2) is 0 Å². The average Bonchev–Trinajstić information content (AvgIpc) is 3.19. The van der Waals surface area contributed by atoms with E-state index in [0.29, 0.717) is 0 Å². The standard InChI is InChI=1S/C27H32Br2N5S/c28-22-9-5-20(6-10-22)24(30)17-33-19-35(34-15-13-32-14-16-34,27-4-2-1-3-26(27)33)18-25(31)21-7-11-23(29)12-8-21/h1-2,4-12,24-25,32H,13-19,30-31H2. The van der Waals surface area contributed by atoms with Gasteiger partial charge in [-0.05, 0) is 41.5 Å². The summed E-state index contributed by atoms with van der Waals surface area (Å²) in [6.07, 6.45) is 0. The van der Waals surface area contributed by atoms with Crippen LogP contribution in [-0.2, 0) is 0 Å². The van der Waals surface area contributed by atoms with Crippen molar-refractivity contribution in [2.24, 2.45) is 11.5 Å². The van der Waals surface area contributed by atoms with Gasteiger partial charge in [0.05, 0.1) is 11.6 Å². The normalized spacial score (nSPS) is 23.9. The first-order valence-corrected chi connectivity index (χ1v) is 15.5. The third-order valence-corrected chi connectivity index (χ3v) is 12.1. The molecule has 1 fully saturated rings. The Hall–Kier alpha value is -1.39. The van der Waals surface area contributed by atoms with Gasteiger partial charge in [-0.3, -0.25) is 4.31 Å². The van der Waals surface area contributed by atoms with Crippen LogP contribution in [0.15, 0.2) is 80.6 Å². The number of para-hydroxylation sites is 1. The van der Waals surface area contributed by atoms with Crippen LogP contribution < -0.4 is 21.7 Å². The van der Waals surface area contributed by atoms with Crippen LogP contribution in [0.25, 0.3) is 0 Å². The SMILES string of the molecule is NC(CN1CS(CC(N)c2ccc(Br)cc2)(N2CCNCC2)c2ccc[c]c21)c1ccc(Br)cc1. The van der Waals surface area contributed by atoms with Crippen LogP contribution in [0.5, 0.6) is 0 Å². The minimum atomic E-state index is -1.38. The molecule has 3 atom stereocenters. The zero-order valence-electron chi connectivity index (χ0n) is 19.7. The van der Waals surface area contributed by atoms with Crippen molar-refractivity contribution >= 4 is 47.8 Å². The molecule has 5 rings (SSSR count). The molecule has 185 valence electrons. The second-order valence-electron chi connectivity index (χ2n) is 9.24. The van der Waals surface area contributed by atoms with Crippen LogP contribution in [0.3, 0.4) is 0 Å². The summed E-state index contributed by atoms with van der Waals surface area (Å²) in [5.41, 5.74) is 17.2. The Morgan fingerprint density at radius 1 is 0.886 bits per heavy atom. The summed E-state index contributed by atoms with van der Waals surface area (Å²) in [5, 5.41) is 3.53. The fourth-order valence-electron chi connectivity index (χ4n) is 5.12. The molecule has 8 heteroatoms. The number of nitrogens with two attached hydrogens (primary N) is 2. The number of halogens is 2. The molecule has 2 aliphatic heterocycles. The lowest BCUT2D eigenvalue weighted by molar-refractivity contribution is 0.385. The first-order valence-electron chi connectivity index (χ1n) is 12.0. The molecule has 5 nitrogen and oxygen atoms in total. The molecule has 2 heterocycles. The summed E-state index contributed by atoms with van der Waals surface area (Å²) >= 11 is 7.09. The van der Waals surface area contributed by atoms with E-state index in [1.807, 2.05) is 6.07 Å². The Bertz CT molecular complexity index is 1140. The summed E-state index contributed by atoms with van der Waals surface area (Å²) in [4.78, 5) is 3.87. The monoisotopic (exact) mass is 616 g/mol. The number of piperazine rings is 1. The van der Waals surface area contributed by atoms with Crippen molar-refractivity contribution in [3.8, 4) is 0 Å². The van der Waals surface area contributed by atoms with Crippen LogP contribution in [-0.4, -0.2) is 48.7 Å². The zero-order chi connectivity index (χ0) is 24.4. The fraction of sp³-hybridized carbons (Fsp3) is 0.333.